The number of hydrogen-bond donors (Lipinski definition) is 9. The molecular weight excluding hydrogens is 668 g/mol. The molecule has 14 heteroatoms. The van der Waals surface area contributed by atoms with Crippen LogP contribution in [0.3, 0.4) is 0 Å². The number of rotatable bonds is 17. The van der Waals surface area contributed by atoms with Gasteiger partial charge in [0.05, 0.1) is 12.1 Å². The van der Waals surface area contributed by atoms with Crippen molar-refractivity contribution in [1.82, 2.24) is 26.3 Å². The third-order valence-electron chi connectivity index (χ3n) is 8.67. The topological polar surface area (TPSA) is 236 Å². The van der Waals surface area contributed by atoms with Crippen molar-refractivity contribution in [1.29, 1.82) is 0 Å². The Morgan fingerprint density at radius 3 is 1.87 bits per heavy atom. The summed E-state index contributed by atoms with van der Waals surface area (Å²) in [6, 6.07) is 15.8. The Bertz CT molecular complexity index is 1840. The number of carboxylic acids is 1. The Balaban J connectivity index is 1.49. The van der Waals surface area contributed by atoms with Crippen molar-refractivity contribution in [2.75, 3.05) is 0 Å². The number of carbonyl (C=O) groups excluding carboxylic acids is 4. The summed E-state index contributed by atoms with van der Waals surface area (Å²) in [5.74, 6) is -4.88. The molecule has 6 atom stereocenters. The summed E-state index contributed by atoms with van der Waals surface area (Å²) in [5, 5.41) is 41.3. The summed E-state index contributed by atoms with van der Waals surface area (Å²) >= 11 is 0. The Labute approximate surface area is 301 Å². The van der Waals surface area contributed by atoms with Crippen LogP contribution in [-0.2, 0) is 43.2 Å². The van der Waals surface area contributed by atoms with E-state index in [9.17, 15) is 39.3 Å². The lowest BCUT2D eigenvalue weighted by Gasteiger charge is -2.28. The second-order valence-electron chi connectivity index (χ2n) is 13.1. The third kappa shape index (κ3) is 10.6. The van der Waals surface area contributed by atoms with E-state index < -0.39 is 71.8 Å². The lowest BCUT2D eigenvalue weighted by molar-refractivity contribution is -0.142. The van der Waals surface area contributed by atoms with Crippen molar-refractivity contribution in [3.8, 4) is 5.75 Å². The average molecular weight is 715 g/mol. The lowest BCUT2D eigenvalue weighted by Crippen LogP contribution is -2.61. The van der Waals surface area contributed by atoms with Crippen LogP contribution in [0.25, 0.3) is 10.9 Å². The molecule has 0 aliphatic heterocycles. The van der Waals surface area contributed by atoms with Crippen molar-refractivity contribution in [2.45, 2.75) is 76.3 Å². The van der Waals surface area contributed by atoms with Gasteiger partial charge < -0.3 is 47.3 Å². The Kier molecular flexibility index (Phi) is 13.5. The van der Waals surface area contributed by atoms with E-state index in [1.54, 1.807) is 62.5 Å². The molecule has 0 saturated carbocycles. The number of fused-ring (bicyclic) bond motifs is 1. The molecule has 276 valence electrons. The van der Waals surface area contributed by atoms with E-state index in [1.807, 2.05) is 24.3 Å². The number of carboxylic acid groups (broad SMARTS) is 1. The molecular formula is C38H46N6O8. The number of aromatic nitrogens is 1. The van der Waals surface area contributed by atoms with E-state index >= 15 is 0 Å². The van der Waals surface area contributed by atoms with Crippen LogP contribution in [0.4, 0.5) is 0 Å². The summed E-state index contributed by atoms with van der Waals surface area (Å²) in [6.07, 6.45) is 0.407. The Hall–Kier alpha value is -5.73. The van der Waals surface area contributed by atoms with E-state index in [4.69, 9.17) is 5.73 Å². The molecule has 52 heavy (non-hydrogen) atoms. The first-order valence-corrected chi connectivity index (χ1v) is 17.0. The largest absolute Gasteiger partial charge is 0.508 e. The predicted molar refractivity (Wildman–Crippen MR) is 194 cm³/mol. The number of aromatic hydroxyl groups is 1. The predicted octanol–water partition coefficient (Wildman–Crippen LogP) is 1.29. The maximum absolute atomic E-state index is 13.8. The summed E-state index contributed by atoms with van der Waals surface area (Å²) in [5.41, 5.74) is 9.11. The Morgan fingerprint density at radius 2 is 1.23 bits per heavy atom. The maximum atomic E-state index is 13.8. The number of hydrogen-bond acceptors (Lipinski definition) is 8. The molecule has 10 N–H and O–H groups in total. The number of carbonyl (C=O) groups is 5. The van der Waals surface area contributed by atoms with Gasteiger partial charge in [0.2, 0.25) is 23.6 Å². The molecule has 1 heterocycles. The fourth-order valence-electron chi connectivity index (χ4n) is 5.73. The van der Waals surface area contributed by atoms with Gasteiger partial charge in [-0.2, -0.15) is 0 Å². The van der Waals surface area contributed by atoms with Crippen molar-refractivity contribution in [3.05, 3.63) is 102 Å². The van der Waals surface area contributed by atoms with Crippen LogP contribution in [0.15, 0.2) is 85.1 Å². The molecule has 0 fully saturated rings. The zero-order valence-electron chi connectivity index (χ0n) is 29.2. The molecule has 4 rings (SSSR count). The van der Waals surface area contributed by atoms with Gasteiger partial charge in [0.1, 0.15) is 29.9 Å². The van der Waals surface area contributed by atoms with Gasteiger partial charge in [-0.3, -0.25) is 19.2 Å². The first kappa shape index (κ1) is 39.1. The number of amides is 4. The van der Waals surface area contributed by atoms with Crippen molar-refractivity contribution in [2.24, 2.45) is 11.7 Å². The number of phenolic OH excluding ortho intramolecular Hbond substituents is 1. The Morgan fingerprint density at radius 1 is 0.673 bits per heavy atom. The number of benzene rings is 3. The number of nitrogens with two attached hydrogens (primary N) is 1. The highest BCUT2D eigenvalue weighted by atomic mass is 16.4. The van der Waals surface area contributed by atoms with E-state index in [-0.39, 0.29) is 25.0 Å². The second kappa shape index (κ2) is 18.0. The minimum Gasteiger partial charge on any atom is -0.508 e. The van der Waals surface area contributed by atoms with Crippen molar-refractivity contribution < 1.29 is 39.3 Å². The first-order chi connectivity index (χ1) is 24.7. The summed E-state index contributed by atoms with van der Waals surface area (Å²) in [6.45, 7) is 4.64. The molecule has 0 spiro atoms. The maximum Gasteiger partial charge on any atom is 0.326 e. The monoisotopic (exact) mass is 714 g/mol. The average Bonchev–Trinajstić information content (AvgIpc) is 3.52. The normalized spacial score (nSPS) is 14.7. The minimum atomic E-state index is -1.50. The number of aromatic amines is 1. The van der Waals surface area contributed by atoms with E-state index in [0.717, 1.165) is 16.5 Å². The van der Waals surface area contributed by atoms with Crippen LogP contribution < -0.4 is 27.0 Å². The van der Waals surface area contributed by atoms with E-state index in [1.165, 1.54) is 19.1 Å². The number of aliphatic carboxylic acids is 1. The van der Waals surface area contributed by atoms with Crippen molar-refractivity contribution in [3.63, 3.8) is 0 Å². The quantitative estimate of drug-likeness (QED) is 0.0765. The number of H-pyrrole nitrogens is 1. The van der Waals surface area contributed by atoms with Gasteiger partial charge in [-0.05, 0) is 54.2 Å². The molecule has 14 nitrogen and oxygen atoms in total. The molecule has 0 saturated heterocycles. The van der Waals surface area contributed by atoms with E-state index in [0.29, 0.717) is 11.1 Å². The molecule has 1 aromatic heterocycles. The third-order valence-corrected chi connectivity index (χ3v) is 8.67. The van der Waals surface area contributed by atoms with Crippen LogP contribution in [-0.4, -0.2) is 86.2 Å². The molecule has 0 unspecified atom stereocenters. The summed E-state index contributed by atoms with van der Waals surface area (Å²) in [7, 11) is 0. The highest BCUT2D eigenvalue weighted by Crippen LogP contribution is 2.19. The molecule has 3 aromatic carbocycles. The van der Waals surface area contributed by atoms with Gasteiger partial charge in [-0.25, -0.2) is 4.79 Å². The highest BCUT2D eigenvalue weighted by Gasteiger charge is 2.34. The molecule has 0 aliphatic rings. The van der Waals surface area contributed by atoms with Gasteiger partial charge in [-0.15, -0.1) is 0 Å². The molecule has 4 amide bonds. The van der Waals surface area contributed by atoms with Crippen LogP contribution in [0, 0.1) is 5.92 Å². The van der Waals surface area contributed by atoms with Gasteiger partial charge >= 0.3 is 5.97 Å². The first-order valence-electron chi connectivity index (χ1n) is 17.0. The standard InChI is InChI=1S/C38H46N6O8/c1-21(2)32(36(49)42-31(38(51)52)18-23-9-5-4-6-10-23)43-35(48)30(17-24-13-15-26(46)16-14-24)41-37(50)33(22(3)45)44-34(47)28(39)19-25-20-40-29-12-8-7-11-27(25)29/h4-16,20-22,28,30-33,40,45-46H,17-19,39H2,1-3H3,(H,41,50)(H,42,49)(H,43,48)(H,44,47)(H,51,52)/t22-,28+,30+,31+,32+,33+/m1/s1. The second-order valence-corrected chi connectivity index (χ2v) is 13.1. The van der Waals surface area contributed by atoms with Crippen molar-refractivity contribution >= 4 is 40.5 Å². The van der Waals surface area contributed by atoms with E-state index in [2.05, 4.69) is 26.3 Å². The SMILES string of the molecule is CC(C)[C@H](NC(=O)[C@H](Cc1ccc(O)cc1)NC(=O)[C@@H](NC(=O)[C@@H](N)Cc1c[nH]c2ccccc12)[C@@H](C)O)C(=O)N[C@@H](Cc1ccccc1)C(=O)O. The summed E-state index contributed by atoms with van der Waals surface area (Å²) in [4.78, 5) is 69.3. The lowest BCUT2D eigenvalue weighted by atomic mass is 9.99. The molecule has 0 aliphatic carbocycles. The number of aliphatic hydroxyl groups is 1. The van der Waals surface area contributed by atoms with Crippen LogP contribution >= 0.6 is 0 Å². The fourth-order valence-corrected chi connectivity index (χ4v) is 5.73. The number of phenols is 1. The molecule has 4 aromatic rings. The van der Waals surface area contributed by atoms with Gasteiger partial charge in [-0.1, -0.05) is 74.5 Å². The van der Waals surface area contributed by atoms with Crippen LogP contribution in [0.2, 0.25) is 0 Å². The molecule has 0 bridgehead atoms. The zero-order valence-corrected chi connectivity index (χ0v) is 29.2. The van der Waals surface area contributed by atoms with Crippen LogP contribution in [0.5, 0.6) is 5.75 Å². The number of nitrogens with one attached hydrogen (secondary N) is 5. The fraction of sp³-hybridized carbons (Fsp3) is 0.342. The van der Waals surface area contributed by atoms with Crippen LogP contribution in [0.1, 0.15) is 37.5 Å². The smallest absolute Gasteiger partial charge is 0.326 e. The summed E-state index contributed by atoms with van der Waals surface area (Å²) < 4.78 is 0. The minimum absolute atomic E-state index is 0.0120. The number of para-hydroxylation sites is 1. The highest BCUT2D eigenvalue weighted by molar-refractivity contribution is 5.96. The molecule has 0 radical (unpaired) electrons. The van der Waals surface area contributed by atoms with Gasteiger partial charge in [0, 0.05) is 29.9 Å². The number of aliphatic hydroxyl groups excluding tert-OH is 1. The van der Waals surface area contributed by atoms with Gasteiger partial charge in [0.25, 0.3) is 0 Å². The van der Waals surface area contributed by atoms with Gasteiger partial charge in [0.15, 0.2) is 0 Å². The zero-order chi connectivity index (χ0) is 37.9.